The first-order valence-corrected chi connectivity index (χ1v) is 6.17. The van der Waals surface area contributed by atoms with Gasteiger partial charge >= 0.3 is 0 Å². The maximum atomic E-state index is 12.3. The number of amides is 1. The topological polar surface area (TPSA) is 61.0 Å². The number of aromatic amines is 1. The number of rotatable bonds is 2. The third-order valence-electron chi connectivity index (χ3n) is 3.55. The average Bonchev–Trinajstić information content (AvgIpc) is 3.05. The Morgan fingerprint density at radius 3 is 3.22 bits per heavy atom. The fourth-order valence-corrected chi connectivity index (χ4v) is 2.43. The SMILES string of the molecule is CNC1CCN(C(=O)c2ccc3nc[nH]c3c2)C1. The van der Waals surface area contributed by atoms with Crippen molar-refractivity contribution in [3.63, 3.8) is 0 Å². The number of aromatic nitrogens is 2. The second kappa shape index (κ2) is 4.42. The fraction of sp³-hybridized carbons (Fsp3) is 0.385. The summed E-state index contributed by atoms with van der Waals surface area (Å²) >= 11 is 0. The monoisotopic (exact) mass is 244 g/mol. The lowest BCUT2D eigenvalue weighted by Crippen LogP contribution is -2.33. The molecule has 2 N–H and O–H groups in total. The Kier molecular flexibility index (Phi) is 2.76. The number of likely N-dealkylation sites (tertiary alicyclic amines) is 1. The second-order valence-corrected chi connectivity index (χ2v) is 4.66. The van der Waals surface area contributed by atoms with Gasteiger partial charge in [-0.05, 0) is 31.7 Å². The lowest BCUT2D eigenvalue weighted by molar-refractivity contribution is 0.0790. The van der Waals surface area contributed by atoms with E-state index in [0.717, 1.165) is 36.1 Å². The van der Waals surface area contributed by atoms with Gasteiger partial charge in [-0.15, -0.1) is 0 Å². The van der Waals surface area contributed by atoms with E-state index in [2.05, 4.69) is 15.3 Å². The first-order chi connectivity index (χ1) is 8.78. The lowest BCUT2D eigenvalue weighted by atomic mass is 10.2. The van der Waals surface area contributed by atoms with E-state index in [-0.39, 0.29) is 5.91 Å². The minimum atomic E-state index is 0.101. The Balaban J connectivity index is 1.83. The molecule has 1 aliphatic heterocycles. The molecule has 1 fully saturated rings. The highest BCUT2D eigenvalue weighted by Gasteiger charge is 2.25. The maximum Gasteiger partial charge on any atom is 0.253 e. The van der Waals surface area contributed by atoms with Crippen molar-refractivity contribution in [2.75, 3.05) is 20.1 Å². The van der Waals surface area contributed by atoms with E-state index in [1.54, 1.807) is 6.33 Å². The molecular formula is C13H16N4O. The van der Waals surface area contributed by atoms with Crippen LogP contribution >= 0.6 is 0 Å². The van der Waals surface area contributed by atoms with E-state index in [9.17, 15) is 4.79 Å². The summed E-state index contributed by atoms with van der Waals surface area (Å²) in [6, 6.07) is 6.02. The van der Waals surface area contributed by atoms with Gasteiger partial charge in [-0.25, -0.2) is 4.98 Å². The van der Waals surface area contributed by atoms with Gasteiger partial charge in [-0.3, -0.25) is 4.79 Å². The number of imidazole rings is 1. The summed E-state index contributed by atoms with van der Waals surface area (Å²) in [4.78, 5) is 21.4. The second-order valence-electron chi connectivity index (χ2n) is 4.66. The molecule has 94 valence electrons. The molecule has 1 amide bonds. The molecule has 1 aromatic heterocycles. The summed E-state index contributed by atoms with van der Waals surface area (Å²) in [5.74, 6) is 0.101. The van der Waals surface area contributed by atoms with E-state index in [0.29, 0.717) is 6.04 Å². The average molecular weight is 244 g/mol. The predicted octanol–water partition coefficient (Wildman–Crippen LogP) is 0.997. The van der Waals surface area contributed by atoms with E-state index >= 15 is 0 Å². The molecule has 5 nitrogen and oxygen atoms in total. The van der Waals surface area contributed by atoms with Crippen LogP contribution in [0.3, 0.4) is 0 Å². The Morgan fingerprint density at radius 2 is 2.44 bits per heavy atom. The molecule has 5 heteroatoms. The van der Waals surface area contributed by atoms with Crippen molar-refractivity contribution in [2.45, 2.75) is 12.5 Å². The molecule has 2 aromatic rings. The number of benzene rings is 1. The van der Waals surface area contributed by atoms with Gasteiger partial charge in [0.25, 0.3) is 5.91 Å². The number of hydrogen-bond acceptors (Lipinski definition) is 3. The molecule has 0 spiro atoms. The van der Waals surface area contributed by atoms with Crippen LogP contribution in [0.25, 0.3) is 11.0 Å². The highest BCUT2D eigenvalue weighted by molar-refractivity contribution is 5.97. The number of likely N-dealkylation sites (N-methyl/N-ethyl adjacent to an activating group) is 1. The number of hydrogen-bond donors (Lipinski definition) is 2. The van der Waals surface area contributed by atoms with Gasteiger partial charge in [0, 0.05) is 24.7 Å². The molecule has 0 radical (unpaired) electrons. The van der Waals surface area contributed by atoms with Gasteiger partial charge in [0.05, 0.1) is 17.4 Å². The first-order valence-electron chi connectivity index (χ1n) is 6.17. The molecule has 1 unspecified atom stereocenters. The molecule has 1 atom stereocenters. The van der Waals surface area contributed by atoms with Crippen molar-refractivity contribution in [2.24, 2.45) is 0 Å². The van der Waals surface area contributed by atoms with Gasteiger partial charge in [0.1, 0.15) is 0 Å². The van der Waals surface area contributed by atoms with Crippen molar-refractivity contribution in [3.8, 4) is 0 Å². The maximum absolute atomic E-state index is 12.3. The number of fused-ring (bicyclic) bond motifs is 1. The Morgan fingerprint density at radius 1 is 1.56 bits per heavy atom. The summed E-state index contributed by atoms with van der Waals surface area (Å²) in [6.45, 7) is 1.61. The van der Waals surface area contributed by atoms with Crippen LogP contribution in [0.15, 0.2) is 24.5 Å². The standard InChI is InChI=1S/C13H16N4O/c1-14-10-4-5-17(7-10)13(18)9-2-3-11-12(6-9)16-8-15-11/h2-3,6,8,10,14H,4-5,7H2,1H3,(H,15,16). The van der Waals surface area contributed by atoms with Crippen LogP contribution in [0.5, 0.6) is 0 Å². The van der Waals surface area contributed by atoms with Crippen molar-refractivity contribution >= 4 is 16.9 Å². The molecule has 0 saturated carbocycles. The smallest absolute Gasteiger partial charge is 0.253 e. The number of carbonyl (C=O) groups excluding carboxylic acids is 1. The Hall–Kier alpha value is -1.88. The molecule has 1 saturated heterocycles. The number of H-pyrrole nitrogens is 1. The molecular weight excluding hydrogens is 228 g/mol. The summed E-state index contributed by atoms with van der Waals surface area (Å²) < 4.78 is 0. The van der Waals surface area contributed by atoms with Crippen molar-refractivity contribution in [3.05, 3.63) is 30.1 Å². The van der Waals surface area contributed by atoms with Crippen LogP contribution in [0.1, 0.15) is 16.8 Å². The van der Waals surface area contributed by atoms with E-state index < -0.39 is 0 Å². The summed E-state index contributed by atoms with van der Waals surface area (Å²) in [5.41, 5.74) is 2.52. The molecule has 1 aromatic carbocycles. The fourth-order valence-electron chi connectivity index (χ4n) is 2.43. The first kappa shape index (κ1) is 11.2. The van der Waals surface area contributed by atoms with Crippen LogP contribution in [0.4, 0.5) is 0 Å². The molecule has 18 heavy (non-hydrogen) atoms. The van der Waals surface area contributed by atoms with Crippen molar-refractivity contribution in [1.29, 1.82) is 0 Å². The normalized spacial score (nSPS) is 19.6. The molecule has 1 aliphatic rings. The number of carbonyl (C=O) groups is 1. The van der Waals surface area contributed by atoms with Crippen LogP contribution in [-0.4, -0.2) is 47.0 Å². The van der Waals surface area contributed by atoms with Gasteiger partial charge in [-0.1, -0.05) is 0 Å². The molecule has 0 bridgehead atoms. The molecule has 3 rings (SSSR count). The third-order valence-corrected chi connectivity index (χ3v) is 3.55. The summed E-state index contributed by atoms with van der Waals surface area (Å²) in [6.07, 6.45) is 2.67. The van der Waals surface area contributed by atoms with Gasteiger partial charge in [-0.2, -0.15) is 0 Å². The van der Waals surface area contributed by atoms with Crippen LogP contribution in [0.2, 0.25) is 0 Å². The highest BCUT2D eigenvalue weighted by Crippen LogP contribution is 2.16. The zero-order valence-electron chi connectivity index (χ0n) is 10.3. The number of nitrogens with one attached hydrogen (secondary N) is 2. The van der Waals surface area contributed by atoms with E-state index in [4.69, 9.17) is 0 Å². The number of nitrogens with zero attached hydrogens (tertiary/aromatic N) is 2. The Bertz CT molecular complexity index is 577. The minimum absolute atomic E-state index is 0.101. The van der Waals surface area contributed by atoms with Gasteiger partial charge in [0.15, 0.2) is 0 Å². The van der Waals surface area contributed by atoms with E-state index in [1.807, 2.05) is 30.1 Å². The molecule has 0 aliphatic carbocycles. The quantitative estimate of drug-likeness (QED) is 0.828. The highest BCUT2D eigenvalue weighted by atomic mass is 16.2. The van der Waals surface area contributed by atoms with Crippen LogP contribution < -0.4 is 5.32 Å². The largest absolute Gasteiger partial charge is 0.345 e. The summed E-state index contributed by atoms with van der Waals surface area (Å²) in [7, 11) is 1.94. The van der Waals surface area contributed by atoms with Crippen molar-refractivity contribution in [1.82, 2.24) is 20.2 Å². The zero-order valence-corrected chi connectivity index (χ0v) is 10.3. The predicted molar refractivity (Wildman–Crippen MR) is 69.5 cm³/mol. The minimum Gasteiger partial charge on any atom is -0.345 e. The van der Waals surface area contributed by atoms with Crippen molar-refractivity contribution < 1.29 is 4.79 Å². The summed E-state index contributed by atoms with van der Waals surface area (Å²) in [5, 5.41) is 3.22. The van der Waals surface area contributed by atoms with Crippen LogP contribution in [0, 0.1) is 0 Å². The third kappa shape index (κ3) is 1.86. The lowest BCUT2D eigenvalue weighted by Gasteiger charge is -2.16. The Labute approximate surface area is 105 Å². The van der Waals surface area contributed by atoms with E-state index in [1.165, 1.54) is 0 Å². The zero-order chi connectivity index (χ0) is 12.5. The van der Waals surface area contributed by atoms with Gasteiger partial charge < -0.3 is 15.2 Å². The van der Waals surface area contributed by atoms with Crippen LogP contribution in [-0.2, 0) is 0 Å². The van der Waals surface area contributed by atoms with Gasteiger partial charge in [0.2, 0.25) is 0 Å². The molecule has 2 heterocycles.